The van der Waals surface area contributed by atoms with Crippen LogP contribution in [0.3, 0.4) is 0 Å². The Labute approximate surface area is 187 Å². The summed E-state index contributed by atoms with van der Waals surface area (Å²) in [4.78, 5) is 12.3. The number of aromatic nitrogens is 1. The monoisotopic (exact) mass is 432 g/mol. The average molecular weight is 433 g/mol. The van der Waals surface area contributed by atoms with E-state index in [1.54, 1.807) is 0 Å². The number of aromatic carboxylic acids is 1. The summed E-state index contributed by atoms with van der Waals surface area (Å²) in [5.41, 5.74) is 5.37. The fourth-order valence-electron chi connectivity index (χ4n) is 4.02. The van der Waals surface area contributed by atoms with Gasteiger partial charge in [0.15, 0.2) is 0 Å². The molecule has 1 aromatic heterocycles. The number of carboxylic acid groups (broad SMARTS) is 1. The number of benzene rings is 3. The Morgan fingerprint density at radius 2 is 1.77 bits per heavy atom. The molecule has 0 amide bonds. The molecule has 0 aliphatic rings. The number of nitrogens with one attached hydrogen (secondary N) is 1. The van der Waals surface area contributed by atoms with Crippen LogP contribution in [-0.4, -0.2) is 22.2 Å². The average Bonchev–Trinajstić information content (AvgIpc) is 3.06. The SMILES string of the molecule is Cc1ccc2c(CNCCc3ccccc3Cl)c(C(=O)O)n(Cc3ccccc3)c2c1. The smallest absolute Gasteiger partial charge is 0.352 e. The van der Waals surface area contributed by atoms with Gasteiger partial charge in [-0.05, 0) is 48.7 Å². The fraction of sp³-hybridized carbons (Fsp3) is 0.192. The minimum absolute atomic E-state index is 0.342. The Hall–Kier alpha value is -3.08. The summed E-state index contributed by atoms with van der Waals surface area (Å²) in [7, 11) is 0. The summed E-state index contributed by atoms with van der Waals surface area (Å²) in [5.74, 6) is -0.910. The maximum absolute atomic E-state index is 12.3. The Morgan fingerprint density at radius 3 is 2.52 bits per heavy atom. The first kappa shape index (κ1) is 21.2. The summed E-state index contributed by atoms with van der Waals surface area (Å²) in [6.07, 6.45) is 0.782. The molecular weight excluding hydrogens is 408 g/mol. The summed E-state index contributed by atoms with van der Waals surface area (Å²) in [5, 5.41) is 15.3. The zero-order chi connectivity index (χ0) is 21.8. The summed E-state index contributed by atoms with van der Waals surface area (Å²) >= 11 is 6.25. The molecule has 0 saturated heterocycles. The molecule has 3 aromatic carbocycles. The molecule has 31 heavy (non-hydrogen) atoms. The van der Waals surface area contributed by atoms with Crippen LogP contribution in [0.5, 0.6) is 0 Å². The number of hydrogen-bond acceptors (Lipinski definition) is 2. The van der Waals surface area contributed by atoms with E-state index in [9.17, 15) is 9.90 Å². The van der Waals surface area contributed by atoms with Gasteiger partial charge < -0.3 is 15.0 Å². The number of aryl methyl sites for hydroxylation is 1. The highest BCUT2D eigenvalue weighted by Gasteiger charge is 2.22. The number of carbonyl (C=O) groups is 1. The lowest BCUT2D eigenvalue weighted by molar-refractivity contribution is 0.0685. The minimum atomic E-state index is -0.910. The second kappa shape index (κ2) is 9.38. The molecule has 1 heterocycles. The maximum Gasteiger partial charge on any atom is 0.352 e. The molecule has 158 valence electrons. The van der Waals surface area contributed by atoms with Gasteiger partial charge in [0.1, 0.15) is 5.69 Å². The quantitative estimate of drug-likeness (QED) is 0.352. The molecule has 0 aliphatic heterocycles. The lowest BCUT2D eigenvalue weighted by atomic mass is 10.1. The van der Waals surface area contributed by atoms with E-state index in [1.165, 1.54) is 0 Å². The molecule has 4 rings (SSSR count). The van der Waals surface area contributed by atoms with Gasteiger partial charge in [0.25, 0.3) is 0 Å². The molecule has 4 nitrogen and oxygen atoms in total. The van der Waals surface area contributed by atoms with E-state index in [4.69, 9.17) is 11.6 Å². The van der Waals surface area contributed by atoms with Crippen molar-refractivity contribution in [2.75, 3.05) is 6.54 Å². The molecule has 0 fully saturated rings. The van der Waals surface area contributed by atoms with Gasteiger partial charge in [-0.1, -0.05) is 72.3 Å². The largest absolute Gasteiger partial charge is 0.477 e. The minimum Gasteiger partial charge on any atom is -0.477 e. The molecular formula is C26H25ClN2O2. The molecule has 0 spiro atoms. The van der Waals surface area contributed by atoms with Gasteiger partial charge >= 0.3 is 5.97 Å². The highest BCUT2D eigenvalue weighted by atomic mass is 35.5. The maximum atomic E-state index is 12.3. The third-order valence-corrected chi connectivity index (χ3v) is 5.91. The van der Waals surface area contributed by atoms with Crippen LogP contribution < -0.4 is 5.32 Å². The van der Waals surface area contributed by atoms with Gasteiger partial charge in [0, 0.05) is 34.6 Å². The second-order valence-electron chi connectivity index (χ2n) is 7.74. The lowest BCUT2D eigenvalue weighted by Crippen LogP contribution is -2.19. The standard InChI is InChI=1S/C26H25ClN2O2/c1-18-11-12-21-22(16-28-14-13-20-9-5-6-10-23(20)27)25(26(30)31)29(24(21)15-18)17-19-7-3-2-4-8-19/h2-12,15,28H,13-14,16-17H2,1H3,(H,30,31). The van der Waals surface area contributed by atoms with E-state index in [0.29, 0.717) is 25.3 Å². The van der Waals surface area contributed by atoms with Gasteiger partial charge in [0.2, 0.25) is 0 Å². The van der Waals surface area contributed by atoms with E-state index in [1.807, 2.05) is 78.2 Å². The van der Waals surface area contributed by atoms with Crippen LogP contribution in [0, 0.1) is 6.92 Å². The Kier molecular flexibility index (Phi) is 6.40. The van der Waals surface area contributed by atoms with E-state index in [0.717, 1.165) is 44.6 Å². The molecule has 0 aliphatic carbocycles. The molecule has 0 unspecified atom stereocenters. The van der Waals surface area contributed by atoms with Crippen molar-refractivity contribution in [3.63, 3.8) is 0 Å². The first-order valence-electron chi connectivity index (χ1n) is 10.4. The summed E-state index contributed by atoms with van der Waals surface area (Å²) in [6.45, 7) is 3.73. The van der Waals surface area contributed by atoms with E-state index < -0.39 is 5.97 Å². The van der Waals surface area contributed by atoms with Crippen molar-refractivity contribution < 1.29 is 9.90 Å². The van der Waals surface area contributed by atoms with Crippen LogP contribution in [0.15, 0.2) is 72.8 Å². The number of hydrogen-bond donors (Lipinski definition) is 2. The zero-order valence-electron chi connectivity index (χ0n) is 17.4. The Balaban J connectivity index is 1.65. The van der Waals surface area contributed by atoms with Crippen molar-refractivity contribution in [1.82, 2.24) is 9.88 Å². The third-order valence-electron chi connectivity index (χ3n) is 5.54. The van der Waals surface area contributed by atoms with Gasteiger partial charge in [-0.15, -0.1) is 0 Å². The number of fused-ring (bicyclic) bond motifs is 1. The highest BCUT2D eigenvalue weighted by Crippen LogP contribution is 2.28. The second-order valence-corrected chi connectivity index (χ2v) is 8.15. The normalized spacial score (nSPS) is 11.2. The van der Waals surface area contributed by atoms with Crippen LogP contribution in [-0.2, 0) is 19.5 Å². The number of halogens is 1. The summed E-state index contributed by atoms with van der Waals surface area (Å²) in [6, 6.07) is 23.9. The van der Waals surface area contributed by atoms with Crippen LogP contribution in [0.25, 0.3) is 10.9 Å². The van der Waals surface area contributed by atoms with Gasteiger partial charge in [-0.2, -0.15) is 0 Å². The van der Waals surface area contributed by atoms with Crippen LogP contribution in [0.1, 0.15) is 32.7 Å². The van der Waals surface area contributed by atoms with Crippen molar-refractivity contribution in [3.05, 3.63) is 106 Å². The topological polar surface area (TPSA) is 54.3 Å². The third kappa shape index (κ3) is 4.66. The van der Waals surface area contributed by atoms with Crippen LogP contribution in [0.4, 0.5) is 0 Å². The van der Waals surface area contributed by atoms with Gasteiger partial charge in [-0.25, -0.2) is 4.79 Å². The van der Waals surface area contributed by atoms with E-state index in [-0.39, 0.29) is 0 Å². The lowest BCUT2D eigenvalue weighted by Gasteiger charge is -2.10. The predicted octanol–water partition coefficient (Wildman–Crippen LogP) is 5.68. The van der Waals surface area contributed by atoms with Gasteiger partial charge in [0.05, 0.1) is 0 Å². The highest BCUT2D eigenvalue weighted by molar-refractivity contribution is 6.31. The molecule has 0 bridgehead atoms. The number of rotatable bonds is 8. The summed E-state index contributed by atoms with van der Waals surface area (Å²) < 4.78 is 1.92. The fourth-order valence-corrected chi connectivity index (χ4v) is 4.25. The first-order chi connectivity index (χ1) is 15.0. The van der Waals surface area contributed by atoms with Crippen molar-refractivity contribution in [2.45, 2.75) is 26.4 Å². The van der Waals surface area contributed by atoms with E-state index >= 15 is 0 Å². The van der Waals surface area contributed by atoms with Crippen molar-refractivity contribution in [2.24, 2.45) is 0 Å². The van der Waals surface area contributed by atoms with E-state index in [2.05, 4.69) is 11.4 Å². The molecule has 5 heteroatoms. The van der Waals surface area contributed by atoms with Crippen LogP contribution in [0.2, 0.25) is 5.02 Å². The molecule has 0 saturated carbocycles. The zero-order valence-corrected chi connectivity index (χ0v) is 18.2. The first-order valence-corrected chi connectivity index (χ1v) is 10.8. The van der Waals surface area contributed by atoms with Crippen molar-refractivity contribution in [1.29, 1.82) is 0 Å². The Morgan fingerprint density at radius 1 is 1.03 bits per heavy atom. The van der Waals surface area contributed by atoms with Gasteiger partial charge in [-0.3, -0.25) is 0 Å². The number of carboxylic acids is 1. The molecule has 0 radical (unpaired) electrons. The molecule has 0 atom stereocenters. The molecule has 2 N–H and O–H groups in total. The predicted molar refractivity (Wildman–Crippen MR) is 126 cm³/mol. The van der Waals surface area contributed by atoms with Crippen LogP contribution >= 0.6 is 11.6 Å². The molecule has 4 aromatic rings. The number of nitrogens with zero attached hydrogens (tertiary/aromatic N) is 1. The van der Waals surface area contributed by atoms with Crippen molar-refractivity contribution in [3.8, 4) is 0 Å². The van der Waals surface area contributed by atoms with Crippen molar-refractivity contribution >= 4 is 28.5 Å². The Bertz CT molecular complexity index is 1220.